The molecular weight excluding hydrogens is 442 g/mol. The third-order valence-corrected chi connectivity index (χ3v) is 9.94. The molecule has 1 N–H and O–H groups in total. The number of benzene rings is 2. The van der Waals surface area contributed by atoms with Crippen LogP contribution in [0.15, 0.2) is 48.5 Å². The molecule has 1 aliphatic carbocycles. The molecule has 36 heavy (non-hydrogen) atoms. The Kier molecular flexibility index (Phi) is 6.68. The molecule has 3 heterocycles. The van der Waals surface area contributed by atoms with Crippen molar-refractivity contribution in [3.8, 4) is 0 Å². The molecule has 0 aromatic heterocycles. The van der Waals surface area contributed by atoms with Gasteiger partial charge >= 0.3 is 0 Å². The molecule has 4 heteroatoms. The number of nitrogens with zero attached hydrogens (tertiary/aromatic N) is 2. The Labute approximate surface area is 217 Å². The van der Waals surface area contributed by atoms with E-state index in [1.807, 2.05) is 0 Å². The zero-order chi connectivity index (χ0) is 24.7. The van der Waals surface area contributed by atoms with Gasteiger partial charge in [-0.2, -0.15) is 0 Å². The van der Waals surface area contributed by atoms with Gasteiger partial charge in [0.25, 0.3) is 0 Å². The minimum Gasteiger partial charge on any atom is -0.339 e. The predicted octanol–water partition coefficient (Wildman–Crippen LogP) is 5.25. The van der Waals surface area contributed by atoms with E-state index in [4.69, 9.17) is 0 Å². The molecule has 3 fully saturated rings. The maximum absolute atomic E-state index is 14.6. The molecule has 6 rings (SSSR count). The number of rotatable bonds is 3. The van der Waals surface area contributed by atoms with Gasteiger partial charge < -0.3 is 15.1 Å². The zero-order valence-corrected chi connectivity index (χ0v) is 22.2. The summed E-state index contributed by atoms with van der Waals surface area (Å²) in [6, 6.07) is 18.4. The van der Waals surface area contributed by atoms with Crippen molar-refractivity contribution in [3.05, 3.63) is 70.8 Å². The fraction of sp³-hybridized carbons (Fsp3) is 0.594. The minimum atomic E-state index is -0.124. The van der Waals surface area contributed by atoms with Crippen molar-refractivity contribution in [3.63, 3.8) is 0 Å². The molecule has 1 saturated carbocycles. The number of piperidine rings is 1. The Morgan fingerprint density at radius 1 is 1.03 bits per heavy atom. The second-order valence-electron chi connectivity index (χ2n) is 12.3. The number of likely N-dealkylation sites (tertiary alicyclic amines) is 1. The van der Waals surface area contributed by atoms with Gasteiger partial charge in [-0.15, -0.1) is 0 Å². The fourth-order valence-corrected chi connectivity index (χ4v) is 8.25. The lowest BCUT2D eigenvalue weighted by Crippen LogP contribution is -2.57. The highest BCUT2D eigenvalue weighted by atomic mass is 16.2. The van der Waals surface area contributed by atoms with Crippen LogP contribution in [0, 0.1) is 18.8 Å². The number of hydrogen-bond donors (Lipinski definition) is 1. The third kappa shape index (κ3) is 4.31. The normalized spacial score (nSPS) is 31.5. The highest BCUT2D eigenvalue weighted by Gasteiger charge is 2.53. The van der Waals surface area contributed by atoms with Crippen LogP contribution in [0.3, 0.4) is 0 Å². The molecule has 4 nitrogen and oxygen atoms in total. The molecule has 3 aliphatic heterocycles. The second-order valence-corrected chi connectivity index (χ2v) is 12.3. The van der Waals surface area contributed by atoms with E-state index in [0.29, 0.717) is 23.8 Å². The van der Waals surface area contributed by atoms with Crippen LogP contribution in [0.5, 0.6) is 0 Å². The number of fused-ring (bicyclic) bond motifs is 2. The van der Waals surface area contributed by atoms with Gasteiger partial charge in [-0.05, 0) is 68.2 Å². The van der Waals surface area contributed by atoms with E-state index in [0.717, 1.165) is 45.6 Å². The number of amides is 1. The van der Waals surface area contributed by atoms with E-state index in [1.54, 1.807) is 0 Å². The first kappa shape index (κ1) is 24.2. The molecule has 0 bridgehead atoms. The smallest absolute Gasteiger partial charge is 0.228 e. The first-order valence-electron chi connectivity index (χ1n) is 14.4. The van der Waals surface area contributed by atoms with Crippen molar-refractivity contribution in [2.24, 2.45) is 11.8 Å². The third-order valence-electron chi connectivity index (χ3n) is 9.94. The molecule has 2 aromatic carbocycles. The van der Waals surface area contributed by atoms with Gasteiger partial charge in [-0.1, -0.05) is 73.4 Å². The fourth-order valence-electron chi connectivity index (χ4n) is 8.25. The van der Waals surface area contributed by atoms with Gasteiger partial charge in [0.1, 0.15) is 0 Å². The van der Waals surface area contributed by atoms with Crippen molar-refractivity contribution in [1.29, 1.82) is 0 Å². The van der Waals surface area contributed by atoms with Gasteiger partial charge in [-0.3, -0.25) is 4.79 Å². The Hall–Kier alpha value is -2.17. The van der Waals surface area contributed by atoms with E-state index in [9.17, 15) is 4.79 Å². The highest BCUT2D eigenvalue weighted by Crippen LogP contribution is 2.45. The lowest BCUT2D eigenvalue weighted by Gasteiger charge is -2.49. The molecule has 192 valence electrons. The number of aryl methyl sites for hydroxylation is 1. The quantitative estimate of drug-likeness (QED) is 0.645. The second kappa shape index (κ2) is 9.95. The van der Waals surface area contributed by atoms with Crippen LogP contribution in [0.4, 0.5) is 0 Å². The molecule has 2 saturated heterocycles. The molecule has 0 unspecified atom stereocenters. The van der Waals surface area contributed by atoms with Crippen LogP contribution in [0.1, 0.15) is 73.1 Å². The van der Waals surface area contributed by atoms with Gasteiger partial charge in [0.15, 0.2) is 0 Å². The summed E-state index contributed by atoms with van der Waals surface area (Å²) in [5.74, 6) is 1.66. The van der Waals surface area contributed by atoms with Crippen molar-refractivity contribution in [2.45, 2.75) is 75.8 Å². The maximum Gasteiger partial charge on any atom is 0.228 e. The van der Waals surface area contributed by atoms with Crippen molar-refractivity contribution in [2.75, 3.05) is 33.2 Å². The Morgan fingerprint density at radius 3 is 2.64 bits per heavy atom. The van der Waals surface area contributed by atoms with Gasteiger partial charge in [0, 0.05) is 44.2 Å². The summed E-state index contributed by atoms with van der Waals surface area (Å²) in [6.45, 7) is 6.73. The van der Waals surface area contributed by atoms with Crippen LogP contribution in [0.25, 0.3) is 0 Å². The predicted molar refractivity (Wildman–Crippen MR) is 146 cm³/mol. The molecule has 4 aliphatic rings. The number of likely N-dealkylation sites (N-methyl/N-ethyl adjacent to an activating group) is 1. The summed E-state index contributed by atoms with van der Waals surface area (Å²) in [5, 5.41) is 3.68. The Morgan fingerprint density at radius 2 is 1.83 bits per heavy atom. The van der Waals surface area contributed by atoms with Gasteiger partial charge in [0.05, 0.1) is 5.92 Å². The van der Waals surface area contributed by atoms with Crippen molar-refractivity contribution >= 4 is 5.91 Å². The topological polar surface area (TPSA) is 35.6 Å². The summed E-state index contributed by atoms with van der Waals surface area (Å²) in [4.78, 5) is 19.4. The van der Waals surface area contributed by atoms with Crippen molar-refractivity contribution < 1.29 is 4.79 Å². The number of nitrogens with one attached hydrogen (secondary N) is 1. The van der Waals surface area contributed by atoms with Crippen LogP contribution in [-0.4, -0.2) is 55.0 Å². The lowest BCUT2D eigenvalue weighted by atomic mass is 9.67. The van der Waals surface area contributed by atoms with E-state index >= 15 is 0 Å². The molecule has 1 amide bonds. The first-order valence-corrected chi connectivity index (χ1v) is 14.4. The molecule has 1 spiro atoms. The summed E-state index contributed by atoms with van der Waals surface area (Å²) in [7, 11) is 2.23. The van der Waals surface area contributed by atoms with Crippen LogP contribution in [0.2, 0.25) is 0 Å². The average molecular weight is 486 g/mol. The maximum atomic E-state index is 14.6. The van der Waals surface area contributed by atoms with Crippen LogP contribution in [-0.2, 0) is 16.8 Å². The highest BCUT2D eigenvalue weighted by molar-refractivity contribution is 5.82. The standard InChI is InChI=1S/C32H43N3O/c1-23-13-14-28-27(17-23)20-34(2)22-32(28)21-33-19-29(32)31(36)35-16-15-26(24-9-5-3-6-10-24)18-30(35)25-11-7-4-8-12-25/h3,5-6,9-10,13-14,17,25-26,29-30,33H,4,7-8,11-12,15-16,18-22H2,1-2H3/t26-,29+,30+,32-/m1/s1. The van der Waals surface area contributed by atoms with Crippen LogP contribution < -0.4 is 5.32 Å². The number of hydrogen-bond acceptors (Lipinski definition) is 3. The van der Waals surface area contributed by atoms with E-state index < -0.39 is 0 Å². The average Bonchev–Trinajstić information content (AvgIpc) is 3.32. The first-order chi connectivity index (χ1) is 17.5. The summed E-state index contributed by atoms with van der Waals surface area (Å²) in [6.07, 6.45) is 8.80. The summed E-state index contributed by atoms with van der Waals surface area (Å²) in [5.41, 5.74) is 5.48. The molecule has 0 radical (unpaired) electrons. The van der Waals surface area contributed by atoms with Crippen molar-refractivity contribution in [1.82, 2.24) is 15.1 Å². The largest absolute Gasteiger partial charge is 0.339 e. The Balaban J connectivity index is 1.32. The number of carbonyl (C=O) groups excluding carboxylic acids is 1. The minimum absolute atomic E-state index is 0.0149. The summed E-state index contributed by atoms with van der Waals surface area (Å²) < 4.78 is 0. The summed E-state index contributed by atoms with van der Waals surface area (Å²) >= 11 is 0. The van der Waals surface area contributed by atoms with E-state index in [1.165, 1.54) is 54.4 Å². The number of carbonyl (C=O) groups is 1. The molecule has 2 aromatic rings. The van der Waals surface area contributed by atoms with Gasteiger partial charge in [-0.25, -0.2) is 0 Å². The SMILES string of the molecule is Cc1ccc2c(c1)CN(C)C[C@]21CNC[C@H]1C(=O)N1CC[C@@H](c2ccccc2)C[C@H]1C1CCCCC1. The molecule has 4 atom stereocenters. The van der Waals surface area contributed by atoms with Crippen LogP contribution >= 0.6 is 0 Å². The van der Waals surface area contributed by atoms with Gasteiger partial charge in [0.2, 0.25) is 5.91 Å². The Bertz CT molecular complexity index is 1080. The lowest BCUT2D eigenvalue weighted by molar-refractivity contribution is -0.143. The van der Waals surface area contributed by atoms with E-state index in [-0.39, 0.29) is 11.3 Å². The monoisotopic (exact) mass is 485 g/mol. The van der Waals surface area contributed by atoms with E-state index in [2.05, 4.69) is 77.6 Å². The zero-order valence-electron chi connectivity index (χ0n) is 22.2. The molecular formula is C32H43N3O.